The molecule has 0 amide bonds. The van der Waals surface area contributed by atoms with Crippen molar-refractivity contribution >= 4 is 82.7 Å². The summed E-state index contributed by atoms with van der Waals surface area (Å²) >= 11 is 0. The van der Waals surface area contributed by atoms with Crippen LogP contribution in [0.15, 0.2) is 239 Å². The molecule has 0 spiro atoms. The maximum absolute atomic E-state index is 6.51. The van der Waals surface area contributed by atoms with Gasteiger partial charge < -0.3 is 18.3 Å². The summed E-state index contributed by atoms with van der Waals surface area (Å²) in [5, 5.41) is 6.91. The molecule has 64 heavy (non-hydrogen) atoms. The summed E-state index contributed by atoms with van der Waals surface area (Å²) in [4.78, 5) is 2.34. The first-order valence-electron chi connectivity index (χ1n) is 21.7. The van der Waals surface area contributed by atoms with Gasteiger partial charge >= 0.3 is 0 Å². The van der Waals surface area contributed by atoms with Gasteiger partial charge in [-0.3, -0.25) is 0 Å². The fourth-order valence-corrected chi connectivity index (χ4v) is 9.73. The van der Waals surface area contributed by atoms with Gasteiger partial charge in [-0.2, -0.15) is 0 Å². The lowest BCUT2D eigenvalue weighted by Gasteiger charge is -2.26. The molecule has 0 saturated heterocycles. The van der Waals surface area contributed by atoms with Gasteiger partial charge in [0.05, 0.1) is 11.0 Å². The van der Waals surface area contributed by atoms with Crippen molar-refractivity contribution in [3.8, 4) is 39.1 Å². The molecule has 0 saturated carbocycles. The maximum Gasteiger partial charge on any atom is 0.143 e. The molecule has 0 aliphatic rings. The van der Waals surface area contributed by atoms with Gasteiger partial charge in [0, 0.05) is 60.6 Å². The Morgan fingerprint density at radius 3 is 1.62 bits per heavy atom. The van der Waals surface area contributed by atoms with E-state index in [-0.39, 0.29) is 0 Å². The SMILES string of the molecule is c1ccc(-c2cccc3c2oc2ccc(-c4ccc(N(c5ccc(-c6ccc7c8ccccc8n(-c8ccccc8)c7c6)cc5)c5ccc6oc7ccccc7c6c5)cc4)cc23)cc1. The van der Waals surface area contributed by atoms with Crippen molar-refractivity contribution in [3.63, 3.8) is 0 Å². The number of para-hydroxylation sites is 4. The van der Waals surface area contributed by atoms with Crippen LogP contribution in [0.1, 0.15) is 0 Å². The van der Waals surface area contributed by atoms with Crippen LogP contribution in [0.2, 0.25) is 0 Å². The average Bonchev–Trinajstić information content (AvgIpc) is 4.04. The topological polar surface area (TPSA) is 34.5 Å². The number of rotatable bonds is 7. The summed E-state index contributed by atoms with van der Waals surface area (Å²) in [6.45, 7) is 0. The van der Waals surface area contributed by atoms with Crippen molar-refractivity contribution in [3.05, 3.63) is 231 Å². The van der Waals surface area contributed by atoms with Crippen molar-refractivity contribution in [1.82, 2.24) is 4.57 Å². The molecule has 0 atom stereocenters. The van der Waals surface area contributed by atoms with Crippen molar-refractivity contribution in [2.75, 3.05) is 4.90 Å². The molecular weight excluding hydrogens is 781 g/mol. The summed E-state index contributed by atoms with van der Waals surface area (Å²) in [6.07, 6.45) is 0. The Balaban J connectivity index is 0.898. The second-order valence-electron chi connectivity index (χ2n) is 16.5. The first-order valence-corrected chi connectivity index (χ1v) is 21.7. The minimum absolute atomic E-state index is 0.872. The summed E-state index contributed by atoms with van der Waals surface area (Å²) in [7, 11) is 0. The molecule has 0 aliphatic carbocycles. The molecule has 4 heteroatoms. The smallest absolute Gasteiger partial charge is 0.143 e. The Morgan fingerprint density at radius 2 is 0.844 bits per heavy atom. The second kappa shape index (κ2) is 14.5. The van der Waals surface area contributed by atoms with Crippen molar-refractivity contribution < 1.29 is 8.83 Å². The fourth-order valence-electron chi connectivity index (χ4n) is 9.73. The van der Waals surface area contributed by atoms with Gasteiger partial charge in [0.15, 0.2) is 0 Å². The van der Waals surface area contributed by atoms with Crippen LogP contribution < -0.4 is 4.90 Å². The Hall–Kier alpha value is -8.60. The van der Waals surface area contributed by atoms with Crippen LogP contribution in [0.4, 0.5) is 17.1 Å². The lowest BCUT2D eigenvalue weighted by atomic mass is 10.00. The van der Waals surface area contributed by atoms with E-state index in [1.165, 1.54) is 27.4 Å². The summed E-state index contributed by atoms with van der Waals surface area (Å²) < 4.78 is 15.1. The van der Waals surface area contributed by atoms with Crippen LogP contribution in [-0.2, 0) is 0 Å². The highest BCUT2D eigenvalue weighted by Crippen LogP contribution is 2.42. The fraction of sp³-hybridized carbons (Fsp3) is 0. The number of furan rings is 2. The minimum Gasteiger partial charge on any atom is -0.456 e. The maximum atomic E-state index is 6.51. The molecule has 3 aromatic heterocycles. The number of benzene rings is 10. The van der Waals surface area contributed by atoms with E-state index in [1.807, 2.05) is 18.2 Å². The lowest BCUT2D eigenvalue weighted by molar-refractivity contribution is 0.669. The standard InChI is InChI=1S/C60H38N2O2/c1-3-12-41(13-4-1)48-18-11-19-52-53-36-42(27-34-59(53)64-60(48)52)39-22-28-45(29-23-39)61(47-32-35-58-54(38-47)51-17-8-10-21-57(51)63-58)46-30-24-40(25-31-46)43-26-33-50-49-16-7-9-20-55(49)62(56(50)37-43)44-14-5-2-6-15-44/h1-38H. The zero-order chi connectivity index (χ0) is 42.1. The number of anilines is 3. The van der Waals surface area contributed by atoms with Gasteiger partial charge in [-0.05, 0) is 113 Å². The third-order valence-electron chi connectivity index (χ3n) is 12.8. The van der Waals surface area contributed by atoms with Crippen LogP contribution >= 0.6 is 0 Å². The van der Waals surface area contributed by atoms with E-state index < -0.39 is 0 Å². The van der Waals surface area contributed by atoms with Gasteiger partial charge in [0.1, 0.15) is 22.3 Å². The highest BCUT2D eigenvalue weighted by molar-refractivity contribution is 6.12. The Bertz CT molecular complexity index is 3880. The lowest BCUT2D eigenvalue weighted by Crippen LogP contribution is -2.09. The monoisotopic (exact) mass is 818 g/mol. The summed E-state index contributed by atoms with van der Waals surface area (Å²) in [6, 6.07) is 82.2. The van der Waals surface area contributed by atoms with Crippen molar-refractivity contribution in [1.29, 1.82) is 0 Å². The molecule has 10 aromatic carbocycles. The molecular formula is C60H38N2O2. The van der Waals surface area contributed by atoms with Crippen LogP contribution in [0.3, 0.4) is 0 Å². The number of nitrogens with zero attached hydrogens (tertiary/aromatic N) is 2. The van der Waals surface area contributed by atoms with Crippen LogP contribution in [0.5, 0.6) is 0 Å². The third kappa shape index (κ3) is 5.84. The van der Waals surface area contributed by atoms with E-state index in [0.29, 0.717) is 0 Å². The molecule has 0 bridgehead atoms. The highest BCUT2D eigenvalue weighted by atomic mass is 16.3. The zero-order valence-electron chi connectivity index (χ0n) is 34.7. The Kier molecular flexibility index (Phi) is 8.18. The van der Waals surface area contributed by atoms with E-state index in [4.69, 9.17) is 8.83 Å². The number of hydrogen-bond acceptors (Lipinski definition) is 3. The highest BCUT2D eigenvalue weighted by Gasteiger charge is 2.19. The number of fused-ring (bicyclic) bond motifs is 9. The molecule has 13 aromatic rings. The molecule has 3 heterocycles. The van der Waals surface area contributed by atoms with Crippen LogP contribution in [0, 0.1) is 0 Å². The molecule has 0 aliphatic heterocycles. The van der Waals surface area contributed by atoms with Crippen molar-refractivity contribution in [2.45, 2.75) is 0 Å². The van der Waals surface area contributed by atoms with Gasteiger partial charge in [-0.25, -0.2) is 0 Å². The summed E-state index contributed by atoms with van der Waals surface area (Å²) in [5.74, 6) is 0. The Labute approximate surface area is 369 Å². The molecule has 0 N–H and O–H groups in total. The van der Waals surface area contributed by atoms with E-state index in [0.717, 1.165) is 94.4 Å². The predicted molar refractivity (Wildman–Crippen MR) is 266 cm³/mol. The van der Waals surface area contributed by atoms with E-state index in [9.17, 15) is 0 Å². The van der Waals surface area contributed by atoms with E-state index >= 15 is 0 Å². The quantitative estimate of drug-likeness (QED) is 0.161. The number of hydrogen-bond donors (Lipinski definition) is 0. The molecule has 0 unspecified atom stereocenters. The first-order chi connectivity index (χ1) is 31.7. The molecule has 0 fully saturated rings. The Morgan fingerprint density at radius 1 is 0.297 bits per heavy atom. The van der Waals surface area contributed by atoms with Gasteiger partial charge in [-0.1, -0.05) is 146 Å². The van der Waals surface area contributed by atoms with E-state index in [2.05, 4.69) is 222 Å². The minimum atomic E-state index is 0.872. The summed E-state index contributed by atoms with van der Waals surface area (Å²) in [5.41, 5.74) is 17.1. The van der Waals surface area contributed by atoms with Gasteiger partial charge in [0.25, 0.3) is 0 Å². The van der Waals surface area contributed by atoms with Crippen LogP contribution in [-0.4, -0.2) is 4.57 Å². The van der Waals surface area contributed by atoms with Crippen LogP contribution in [0.25, 0.3) is 105 Å². The van der Waals surface area contributed by atoms with Gasteiger partial charge in [-0.15, -0.1) is 0 Å². The predicted octanol–water partition coefficient (Wildman–Crippen LogP) is 17.1. The molecule has 13 rings (SSSR count). The second-order valence-corrected chi connectivity index (χ2v) is 16.5. The van der Waals surface area contributed by atoms with Gasteiger partial charge in [0.2, 0.25) is 0 Å². The molecule has 4 nitrogen and oxygen atoms in total. The average molecular weight is 819 g/mol. The largest absolute Gasteiger partial charge is 0.456 e. The molecule has 0 radical (unpaired) electrons. The van der Waals surface area contributed by atoms with Crippen molar-refractivity contribution in [2.24, 2.45) is 0 Å². The first kappa shape index (κ1) is 36.1. The zero-order valence-corrected chi connectivity index (χ0v) is 34.7. The number of aromatic nitrogens is 1. The van der Waals surface area contributed by atoms with E-state index in [1.54, 1.807) is 0 Å². The normalized spacial score (nSPS) is 11.8. The third-order valence-corrected chi connectivity index (χ3v) is 12.8. The molecule has 300 valence electrons.